The van der Waals surface area contributed by atoms with Crippen molar-refractivity contribution >= 4 is 11.6 Å². The second-order valence-electron chi connectivity index (χ2n) is 7.50. The van der Waals surface area contributed by atoms with Crippen LogP contribution in [0.25, 0.3) is 11.1 Å². The van der Waals surface area contributed by atoms with E-state index in [1.54, 1.807) is 0 Å². The van der Waals surface area contributed by atoms with Gasteiger partial charge in [-0.25, -0.2) is 0 Å². The summed E-state index contributed by atoms with van der Waals surface area (Å²) in [4.78, 5) is 13.1. The van der Waals surface area contributed by atoms with Crippen molar-refractivity contribution in [3.63, 3.8) is 0 Å². The van der Waals surface area contributed by atoms with Crippen molar-refractivity contribution in [3.8, 4) is 22.6 Å². The Balaban J connectivity index is 1.40. The minimum atomic E-state index is -0.473. The number of carbonyl (C=O) groups is 1. The van der Waals surface area contributed by atoms with Gasteiger partial charge in [0.2, 0.25) is 12.7 Å². The molecular formula is C24H21NO3. The van der Waals surface area contributed by atoms with Crippen molar-refractivity contribution in [1.82, 2.24) is 0 Å². The van der Waals surface area contributed by atoms with Crippen LogP contribution in [0.3, 0.4) is 0 Å². The minimum absolute atomic E-state index is 0.0355. The summed E-state index contributed by atoms with van der Waals surface area (Å²) >= 11 is 0. The molecule has 3 aromatic carbocycles. The van der Waals surface area contributed by atoms with Gasteiger partial charge in [0.05, 0.1) is 5.41 Å². The number of carbonyl (C=O) groups excluding carboxylic acids is 1. The number of fused-ring (bicyclic) bond motifs is 1. The van der Waals surface area contributed by atoms with Crippen LogP contribution in [-0.4, -0.2) is 12.7 Å². The van der Waals surface area contributed by atoms with E-state index in [2.05, 4.69) is 30.4 Å². The first-order chi connectivity index (χ1) is 13.7. The maximum atomic E-state index is 13.1. The number of hydrogen-bond acceptors (Lipinski definition) is 3. The van der Waals surface area contributed by atoms with Crippen LogP contribution in [0, 0.1) is 6.92 Å². The Labute approximate surface area is 164 Å². The van der Waals surface area contributed by atoms with Gasteiger partial charge in [-0.1, -0.05) is 42.5 Å². The van der Waals surface area contributed by atoms with Crippen molar-refractivity contribution in [2.24, 2.45) is 0 Å². The second kappa shape index (κ2) is 6.41. The molecule has 5 rings (SSSR count). The number of anilines is 1. The van der Waals surface area contributed by atoms with E-state index in [0.29, 0.717) is 0 Å². The molecular weight excluding hydrogens is 350 g/mol. The lowest BCUT2D eigenvalue weighted by Gasteiger charge is -2.17. The summed E-state index contributed by atoms with van der Waals surface area (Å²) in [5, 5.41) is 3.13. The van der Waals surface area contributed by atoms with E-state index in [-0.39, 0.29) is 12.7 Å². The number of amides is 1. The Morgan fingerprint density at radius 1 is 0.929 bits per heavy atom. The molecule has 28 heavy (non-hydrogen) atoms. The molecule has 4 nitrogen and oxygen atoms in total. The van der Waals surface area contributed by atoms with Gasteiger partial charge in [0.25, 0.3) is 0 Å². The molecule has 0 aromatic heterocycles. The Kier molecular flexibility index (Phi) is 3.86. The first-order valence-corrected chi connectivity index (χ1v) is 9.53. The summed E-state index contributed by atoms with van der Waals surface area (Å²) in [5.41, 5.74) is 4.83. The Hall–Kier alpha value is -3.27. The van der Waals surface area contributed by atoms with E-state index >= 15 is 0 Å². The molecule has 4 heteroatoms. The predicted octanol–water partition coefficient (Wildman–Crippen LogP) is 5.06. The lowest BCUT2D eigenvalue weighted by atomic mass is 9.94. The highest BCUT2D eigenvalue weighted by Gasteiger charge is 2.51. The molecule has 1 aliphatic heterocycles. The fourth-order valence-electron chi connectivity index (χ4n) is 3.88. The number of ether oxygens (including phenoxy) is 2. The van der Waals surface area contributed by atoms with E-state index < -0.39 is 5.41 Å². The molecule has 1 aliphatic carbocycles. The molecule has 2 aliphatic rings. The third kappa shape index (κ3) is 2.82. The average Bonchev–Trinajstić information content (AvgIpc) is 3.40. The molecule has 0 spiro atoms. The summed E-state index contributed by atoms with van der Waals surface area (Å²) in [6.07, 6.45) is 1.69. The first-order valence-electron chi connectivity index (χ1n) is 9.53. The van der Waals surface area contributed by atoms with Gasteiger partial charge in [-0.15, -0.1) is 0 Å². The molecule has 140 valence electrons. The van der Waals surface area contributed by atoms with E-state index in [0.717, 1.165) is 41.2 Å². The molecule has 1 N–H and O–H groups in total. The van der Waals surface area contributed by atoms with Crippen LogP contribution in [0.4, 0.5) is 5.69 Å². The maximum Gasteiger partial charge on any atom is 0.235 e. The predicted molar refractivity (Wildman–Crippen MR) is 109 cm³/mol. The largest absolute Gasteiger partial charge is 0.454 e. The Morgan fingerprint density at radius 2 is 1.75 bits per heavy atom. The van der Waals surface area contributed by atoms with Crippen molar-refractivity contribution in [1.29, 1.82) is 0 Å². The Morgan fingerprint density at radius 3 is 2.57 bits per heavy atom. The zero-order valence-corrected chi connectivity index (χ0v) is 15.7. The molecule has 0 unspecified atom stereocenters. The van der Waals surface area contributed by atoms with Crippen molar-refractivity contribution in [2.45, 2.75) is 25.2 Å². The third-order valence-electron chi connectivity index (χ3n) is 5.69. The summed E-state index contributed by atoms with van der Waals surface area (Å²) in [6.45, 7) is 2.34. The quantitative estimate of drug-likeness (QED) is 0.697. The van der Waals surface area contributed by atoms with Gasteiger partial charge in [0.1, 0.15) is 0 Å². The smallest absolute Gasteiger partial charge is 0.235 e. The lowest BCUT2D eigenvalue weighted by molar-refractivity contribution is -0.118. The van der Waals surface area contributed by atoms with E-state index in [1.165, 1.54) is 11.1 Å². The third-order valence-corrected chi connectivity index (χ3v) is 5.69. The van der Waals surface area contributed by atoms with Gasteiger partial charge in [0, 0.05) is 5.69 Å². The van der Waals surface area contributed by atoms with E-state index in [1.807, 2.05) is 48.5 Å². The Bertz CT molecular complexity index is 1070. The standard InChI is InChI=1S/C24H21NO3/c1-16-5-2-3-8-20(16)17-6-4-7-19(13-17)25-23(26)24(11-12-24)18-9-10-21-22(14-18)28-15-27-21/h2-10,13-14H,11-12,15H2,1H3,(H,25,26). The number of rotatable bonds is 4. The van der Waals surface area contributed by atoms with Crippen LogP contribution in [0.2, 0.25) is 0 Å². The van der Waals surface area contributed by atoms with Crippen LogP contribution < -0.4 is 14.8 Å². The molecule has 3 aromatic rings. The highest BCUT2D eigenvalue weighted by molar-refractivity contribution is 6.01. The average molecular weight is 371 g/mol. The van der Waals surface area contributed by atoms with Crippen molar-refractivity contribution in [3.05, 3.63) is 77.9 Å². The SMILES string of the molecule is Cc1ccccc1-c1cccc(NC(=O)C2(c3ccc4c(c3)OCO4)CC2)c1. The fourth-order valence-corrected chi connectivity index (χ4v) is 3.88. The lowest BCUT2D eigenvalue weighted by Crippen LogP contribution is -2.27. The number of aryl methyl sites for hydroxylation is 1. The topological polar surface area (TPSA) is 47.6 Å². The monoisotopic (exact) mass is 371 g/mol. The van der Waals surface area contributed by atoms with Crippen LogP contribution in [0.1, 0.15) is 24.0 Å². The van der Waals surface area contributed by atoms with Crippen LogP contribution in [-0.2, 0) is 10.2 Å². The van der Waals surface area contributed by atoms with Gasteiger partial charge in [-0.05, 0) is 66.3 Å². The zero-order valence-electron chi connectivity index (χ0n) is 15.7. The maximum absolute atomic E-state index is 13.1. The summed E-state index contributed by atoms with van der Waals surface area (Å²) < 4.78 is 10.9. The van der Waals surface area contributed by atoms with Gasteiger partial charge in [0.15, 0.2) is 11.5 Å². The summed E-state index contributed by atoms with van der Waals surface area (Å²) in [6, 6.07) is 22.1. The molecule has 0 radical (unpaired) electrons. The first kappa shape index (κ1) is 16.9. The van der Waals surface area contributed by atoms with Crippen molar-refractivity contribution in [2.75, 3.05) is 12.1 Å². The van der Waals surface area contributed by atoms with Gasteiger partial charge < -0.3 is 14.8 Å². The highest BCUT2D eigenvalue weighted by Crippen LogP contribution is 2.51. The van der Waals surface area contributed by atoms with Crippen molar-refractivity contribution < 1.29 is 14.3 Å². The van der Waals surface area contributed by atoms with Crippen LogP contribution in [0.5, 0.6) is 11.5 Å². The van der Waals surface area contributed by atoms with E-state index in [4.69, 9.17) is 9.47 Å². The number of hydrogen-bond donors (Lipinski definition) is 1. The summed E-state index contributed by atoms with van der Waals surface area (Å²) in [7, 11) is 0. The van der Waals surface area contributed by atoms with Crippen LogP contribution >= 0.6 is 0 Å². The molecule has 0 saturated heterocycles. The highest BCUT2D eigenvalue weighted by atomic mass is 16.7. The second-order valence-corrected chi connectivity index (χ2v) is 7.50. The van der Waals surface area contributed by atoms with Gasteiger partial charge >= 0.3 is 0 Å². The molecule has 0 bridgehead atoms. The molecule has 1 fully saturated rings. The summed E-state index contributed by atoms with van der Waals surface area (Å²) in [5.74, 6) is 1.50. The van der Waals surface area contributed by atoms with E-state index in [9.17, 15) is 4.79 Å². The molecule has 1 heterocycles. The van der Waals surface area contributed by atoms with Gasteiger partial charge in [-0.2, -0.15) is 0 Å². The molecule has 1 saturated carbocycles. The number of benzene rings is 3. The van der Waals surface area contributed by atoms with Gasteiger partial charge in [-0.3, -0.25) is 4.79 Å². The normalized spacial score (nSPS) is 15.9. The minimum Gasteiger partial charge on any atom is -0.454 e. The molecule has 1 amide bonds. The zero-order chi connectivity index (χ0) is 19.1. The fraction of sp³-hybridized carbons (Fsp3) is 0.208. The van der Waals surface area contributed by atoms with Crippen LogP contribution in [0.15, 0.2) is 66.7 Å². The molecule has 0 atom stereocenters. The number of nitrogens with one attached hydrogen (secondary N) is 1.